The Hall–Kier alpha value is -2.86. The minimum Gasteiger partial charge on any atom is -0.368 e. The van der Waals surface area contributed by atoms with Crippen LogP contribution in [-0.2, 0) is 0 Å². The van der Waals surface area contributed by atoms with E-state index in [1.165, 1.54) is 4.90 Å². The molecule has 0 spiro atoms. The highest BCUT2D eigenvalue weighted by Crippen LogP contribution is 2.26. The average Bonchev–Trinajstić information content (AvgIpc) is 3.01. The number of hydrogen-bond donors (Lipinski definition) is 0. The summed E-state index contributed by atoms with van der Waals surface area (Å²) < 4.78 is 0. The lowest BCUT2D eigenvalue weighted by molar-refractivity contribution is 0.0651. The molecule has 7 heteroatoms. The summed E-state index contributed by atoms with van der Waals surface area (Å²) in [7, 11) is 0. The fourth-order valence-electron chi connectivity index (χ4n) is 3.97. The van der Waals surface area contributed by atoms with Gasteiger partial charge in [-0.2, -0.15) is 0 Å². The van der Waals surface area contributed by atoms with E-state index < -0.39 is 0 Å². The number of carbonyl (C=O) groups is 3. The molecule has 3 amide bonds. The number of imide groups is 1. The molecule has 0 saturated carbocycles. The Morgan fingerprint density at radius 3 is 2.40 bits per heavy atom. The highest BCUT2D eigenvalue weighted by molar-refractivity contribution is 6.30. The molecule has 1 saturated heterocycles. The number of piperazine rings is 1. The van der Waals surface area contributed by atoms with Gasteiger partial charge in [0.15, 0.2) is 0 Å². The molecule has 2 aliphatic rings. The SMILES string of the molecule is CCCCN1C(=O)c2ccc(C(=O)N3CCN(c4cccc(Cl)c4)CC3)cc2C1=O. The predicted molar refractivity (Wildman–Crippen MR) is 116 cm³/mol. The quantitative estimate of drug-likeness (QED) is 0.685. The summed E-state index contributed by atoms with van der Waals surface area (Å²) in [5.41, 5.74) is 2.21. The third kappa shape index (κ3) is 3.79. The molecule has 0 N–H and O–H groups in total. The molecule has 0 atom stereocenters. The van der Waals surface area contributed by atoms with Gasteiger partial charge in [0.05, 0.1) is 11.1 Å². The van der Waals surface area contributed by atoms with Gasteiger partial charge in [0.25, 0.3) is 17.7 Å². The predicted octanol–water partition coefficient (Wildman–Crippen LogP) is 3.70. The first-order valence-electron chi connectivity index (χ1n) is 10.3. The number of hydrogen-bond acceptors (Lipinski definition) is 4. The molecule has 0 bridgehead atoms. The van der Waals surface area contributed by atoms with Gasteiger partial charge in [0.2, 0.25) is 0 Å². The summed E-state index contributed by atoms with van der Waals surface area (Å²) in [6.07, 6.45) is 1.67. The first-order chi connectivity index (χ1) is 14.5. The Morgan fingerprint density at radius 1 is 0.967 bits per heavy atom. The summed E-state index contributed by atoms with van der Waals surface area (Å²) >= 11 is 6.08. The van der Waals surface area contributed by atoms with E-state index in [4.69, 9.17) is 11.6 Å². The normalized spacial score (nSPS) is 16.3. The van der Waals surface area contributed by atoms with E-state index in [0.717, 1.165) is 18.5 Å². The van der Waals surface area contributed by atoms with Crippen LogP contribution in [0.3, 0.4) is 0 Å². The van der Waals surface area contributed by atoms with E-state index in [9.17, 15) is 14.4 Å². The first kappa shape index (κ1) is 20.4. The summed E-state index contributed by atoms with van der Waals surface area (Å²) in [6, 6.07) is 12.5. The fourth-order valence-corrected chi connectivity index (χ4v) is 4.15. The molecule has 156 valence electrons. The zero-order valence-corrected chi connectivity index (χ0v) is 17.7. The molecule has 2 aromatic carbocycles. The lowest BCUT2D eigenvalue weighted by atomic mass is 10.0. The molecule has 30 heavy (non-hydrogen) atoms. The van der Waals surface area contributed by atoms with Crippen molar-refractivity contribution in [2.24, 2.45) is 0 Å². The fraction of sp³-hybridized carbons (Fsp3) is 0.348. The Balaban J connectivity index is 1.45. The maximum atomic E-state index is 13.0. The maximum Gasteiger partial charge on any atom is 0.261 e. The van der Waals surface area contributed by atoms with Crippen LogP contribution in [0.15, 0.2) is 42.5 Å². The Labute approximate surface area is 181 Å². The first-order valence-corrected chi connectivity index (χ1v) is 10.7. The number of carbonyl (C=O) groups excluding carboxylic acids is 3. The van der Waals surface area contributed by atoms with Crippen molar-refractivity contribution in [1.82, 2.24) is 9.80 Å². The smallest absolute Gasteiger partial charge is 0.261 e. The van der Waals surface area contributed by atoms with Crippen LogP contribution in [0.25, 0.3) is 0 Å². The highest BCUT2D eigenvalue weighted by Gasteiger charge is 2.36. The molecule has 0 aromatic heterocycles. The maximum absolute atomic E-state index is 13.0. The van der Waals surface area contributed by atoms with E-state index in [1.54, 1.807) is 23.1 Å². The molecule has 4 rings (SSSR count). The van der Waals surface area contributed by atoms with Crippen molar-refractivity contribution in [3.63, 3.8) is 0 Å². The molecule has 0 unspecified atom stereocenters. The van der Waals surface area contributed by atoms with Crippen LogP contribution < -0.4 is 4.90 Å². The van der Waals surface area contributed by atoms with Crippen LogP contribution in [0.4, 0.5) is 5.69 Å². The van der Waals surface area contributed by atoms with E-state index in [0.29, 0.717) is 54.4 Å². The van der Waals surface area contributed by atoms with Crippen molar-refractivity contribution < 1.29 is 14.4 Å². The van der Waals surface area contributed by atoms with Gasteiger partial charge in [-0.05, 0) is 42.8 Å². The molecular formula is C23H24ClN3O3. The molecular weight excluding hydrogens is 402 g/mol. The second-order valence-corrected chi connectivity index (χ2v) is 8.07. The molecule has 2 heterocycles. The van der Waals surface area contributed by atoms with Gasteiger partial charge in [0, 0.05) is 49.0 Å². The van der Waals surface area contributed by atoms with Crippen molar-refractivity contribution >= 4 is 35.0 Å². The van der Waals surface area contributed by atoms with Crippen molar-refractivity contribution in [2.45, 2.75) is 19.8 Å². The number of rotatable bonds is 5. The van der Waals surface area contributed by atoms with Gasteiger partial charge >= 0.3 is 0 Å². The van der Waals surface area contributed by atoms with Crippen molar-refractivity contribution in [1.29, 1.82) is 0 Å². The summed E-state index contributed by atoms with van der Waals surface area (Å²) in [5, 5.41) is 0.691. The van der Waals surface area contributed by atoms with Crippen LogP contribution >= 0.6 is 11.6 Å². The standard InChI is InChI=1S/C23H24ClN3O3/c1-2-3-9-27-22(29)19-8-7-16(14-20(19)23(27)30)21(28)26-12-10-25(11-13-26)18-6-4-5-17(24)15-18/h4-8,14-15H,2-3,9-13H2,1H3. The zero-order chi connectivity index (χ0) is 21.3. The van der Waals surface area contributed by atoms with Crippen LogP contribution in [0.1, 0.15) is 50.8 Å². The summed E-state index contributed by atoms with van der Waals surface area (Å²) in [5.74, 6) is -0.683. The minimum atomic E-state index is -0.302. The van der Waals surface area contributed by atoms with E-state index in [-0.39, 0.29) is 17.7 Å². The topological polar surface area (TPSA) is 60.9 Å². The molecule has 0 radical (unpaired) electrons. The van der Waals surface area contributed by atoms with Crippen LogP contribution in [0.2, 0.25) is 5.02 Å². The van der Waals surface area contributed by atoms with Crippen molar-refractivity contribution in [3.05, 3.63) is 64.2 Å². The third-order valence-electron chi connectivity index (χ3n) is 5.69. The lowest BCUT2D eigenvalue weighted by Crippen LogP contribution is -2.48. The minimum absolute atomic E-state index is 0.115. The third-order valence-corrected chi connectivity index (χ3v) is 5.93. The van der Waals surface area contributed by atoms with Crippen molar-refractivity contribution in [3.8, 4) is 0 Å². The monoisotopic (exact) mass is 425 g/mol. The number of benzene rings is 2. The van der Waals surface area contributed by atoms with Crippen LogP contribution in [0.5, 0.6) is 0 Å². The second-order valence-electron chi connectivity index (χ2n) is 7.63. The van der Waals surface area contributed by atoms with Crippen LogP contribution in [-0.4, -0.2) is 60.2 Å². The number of amides is 3. The zero-order valence-electron chi connectivity index (χ0n) is 16.9. The number of nitrogens with zero attached hydrogens (tertiary/aromatic N) is 3. The number of unbranched alkanes of at least 4 members (excludes halogenated alkanes) is 1. The number of halogens is 1. The van der Waals surface area contributed by atoms with Gasteiger partial charge in [-0.25, -0.2) is 0 Å². The van der Waals surface area contributed by atoms with Gasteiger partial charge < -0.3 is 9.80 Å². The number of fused-ring (bicyclic) bond motifs is 1. The van der Waals surface area contributed by atoms with Gasteiger partial charge in [-0.3, -0.25) is 19.3 Å². The lowest BCUT2D eigenvalue weighted by Gasteiger charge is -2.36. The highest BCUT2D eigenvalue weighted by atomic mass is 35.5. The molecule has 2 aliphatic heterocycles. The Bertz CT molecular complexity index is 999. The van der Waals surface area contributed by atoms with Crippen molar-refractivity contribution in [2.75, 3.05) is 37.6 Å². The van der Waals surface area contributed by atoms with E-state index in [2.05, 4.69) is 4.90 Å². The van der Waals surface area contributed by atoms with Gasteiger partial charge in [0.1, 0.15) is 0 Å². The molecule has 0 aliphatic carbocycles. The van der Waals surface area contributed by atoms with Gasteiger partial charge in [-0.1, -0.05) is 31.0 Å². The van der Waals surface area contributed by atoms with Crippen LogP contribution in [0, 0.1) is 0 Å². The Morgan fingerprint density at radius 2 is 1.70 bits per heavy atom. The second kappa shape index (κ2) is 8.48. The average molecular weight is 426 g/mol. The summed E-state index contributed by atoms with van der Waals surface area (Å²) in [4.78, 5) is 43.4. The molecule has 1 fully saturated rings. The van der Waals surface area contributed by atoms with E-state index >= 15 is 0 Å². The van der Waals surface area contributed by atoms with Gasteiger partial charge in [-0.15, -0.1) is 0 Å². The molecule has 2 aromatic rings. The van der Waals surface area contributed by atoms with E-state index in [1.807, 2.05) is 31.2 Å². The Kier molecular flexibility index (Phi) is 5.77. The largest absolute Gasteiger partial charge is 0.368 e. The molecule has 6 nitrogen and oxygen atoms in total. The number of anilines is 1. The summed E-state index contributed by atoms with van der Waals surface area (Å²) in [6.45, 7) is 5.01.